The summed E-state index contributed by atoms with van der Waals surface area (Å²) in [6.45, 7) is 4.07. The molecule has 1 rings (SSSR count). The number of nitrogens with one attached hydrogen (secondary N) is 2. The van der Waals surface area contributed by atoms with E-state index in [4.69, 9.17) is 35.4 Å². The molecule has 0 saturated heterocycles. The molecule has 0 amide bonds. The summed E-state index contributed by atoms with van der Waals surface area (Å²) in [6, 6.07) is 3.28. The van der Waals surface area contributed by atoms with E-state index < -0.39 is 0 Å². The van der Waals surface area contributed by atoms with Gasteiger partial charge in [0.15, 0.2) is 5.11 Å². The van der Waals surface area contributed by atoms with Crippen molar-refractivity contribution in [2.45, 2.75) is 26.3 Å². The van der Waals surface area contributed by atoms with Crippen LogP contribution in [0.1, 0.15) is 25.8 Å². The number of benzene rings is 1. The first-order valence-corrected chi connectivity index (χ1v) is 6.88. The number of hydrazone groups is 1. The van der Waals surface area contributed by atoms with E-state index >= 15 is 0 Å². The Hall–Kier alpha value is -1.04. The molecular formula is C12H15Cl2N3OS. The molecule has 4 nitrogen and oxygen atoms in total. The molecule has 0 unspecified atom stereocenters. The highest BCUT2D eigenvalue weighted by Crippen LogP contribution is 2.29. The molecule has 0 aliphatic carbocycles. The van der Waals surface area contributed by atoms with Gasteiger partial charge in [0.25, 0.3) is 0 Å². The van der Waals surface area contributed by atoms with E-state index in [2.05, 4.69) is 22.8 Å². The van der Waals surface area contributed by atoms with Crippen molar-refractivity contribution >= 4 is 46.7 Å². The highest BCUT2D eigenvalue weighted by atomic mass is 35.5. The molecule has 0 saturated carbocycles. The summed E-state index contributed by atoms with van der Waals surface area (Å²) < 4.78 is 0. The van der Waals surface area contributed by atoms with Crippen molar-refractivity contribution in [2.75, 3.05) is 0 Å². The Morgan fingerprint density at radius 1 is 1.53 bits per heavy atom. The van der Waals surface area contributed by atoms with E-state index in [1.54, 1.807) is 6.07 Å². The fourth-order valence-electron chi connectivity index (χ4n) is 1.20. The second-order valence-electron chi connectivity index (χ2n) is 3.98. The van der Waals surface area contributed by atoms with Crippen molar-refractivity contribution in [3.8, 4) is 5.75 Å². The molecule has 1 atom stereocenters. The summed E-state index contributed by atoms with van der Waals surface area (Å²) in [5.74, 6) is -0.0718. The monoisotopic (exact) mass is 319 g/mol. The minimum absolute atomic E-state index is 0.0718. The van der Waals surface area contributed by atoms with Crippen LogP contribution in [0.25, 0.3) is 0 Å². The van der Waals surface area contributed by atoms with Gasteiger partial charge in [0.2, 0.25) is 0 Å². The van der Waals surface area contributed by atoms with E-state index in [-0.39, 0.29) is 16.8 Å². The van der Waals surface area contributed by atoms with Crippen LogP contribution in [-0.2, 0) is 0 Å². The molecule has 1 aromatic carbocycles. The van der Waals surface area contributed by atoms with Gasteiger partial charge in [-0.3, -0.25) is 5.43 Å². The average molecular weight is 320 g/mol. The number of nitrogens with zero attached hydrogens (tertiary/aromatic N) is 1. The molecule has 1 aromatic rings. The summed E-state index contributed by atoms with van der Waals surface area (Å²) in [5, 5.41) is 17.7. The zero-order chi connectivity index (χ0) is 14.4. The fraction of sp³-hybridized carbons (Fsp3) is 0.333. The molecule has 0 aliphatic heterocycles. The standard InChI is InChI=1S/C12H15Cl2N3OS/c1-3-7(2)16-12(19)17-15-6-8-4-9(13)5-10(14)11(8)18/h4-7,18H,3H2,1-2H3,(H2,16,17,19)/b15-6+/t7-/m1/s1. The largest absolute Gasteiger partial charge is 0.506 e. The van der Waals surface area contributed by atoms with Crippen LogP contribution in [0.15, 0.2) is 17.2 Å². The average Bonchev–Trinajstić information content (AvgIpc) is 2.34. The number of rotatable bonds is 4. The molecule has 0 radical (unpaired) electrons. The van der Waals surface area contributed by atoms with Gasteiger partial charge >= 0.3 is 0 Å². The molecule has 0 aromatic heterocycles. The van der Waals surface area contributed by atoms with Gasteiger partial charge in [-0.2, -0.15) is 5.10 Å². The maximum absolute atomic E-state index is 9.71. The first kappa shape index (κ1) is 16.0. The van der Waals surface area contributed by atoms with Crippen LogP contribution in [0.4, 0.5) is 0 Å². The fourth-order valence-corrected chi connectivity index (χ4v) is 1.97. The number of phenols is 1. The van der Waals surface area contributed by atoms with Gasteiger partial charge < -0.3 is 10.4 Å². The third-order valence-electron chi connectivity index (χ3n) is 2.42. The van der Waals surface area contributed by atoms with Gasteiger partial charge in [-0.05, 0) is 37.7 Å². The molecule has 7 heteroatoms. The maximum Gasteiger partial charge on any atom is 0.187 e. The predicted octanol–water partition coefficient (Wildman–Crippen LogP) is 3.30. The van der Waals surface area contributed by atoms with Crippen molar-refractivity contribution in [1.29, 1.82) is 0 Å². The molecule has 0 spiro atoms. The van der Waals surface area contributed by atoms with E-state index in [0.29, 0.717) is 15.7 Å². The van der Waals surface area contributed by atoms with Crippen LogP contribution in [0.3, 0.4) is 0 Å². The lowest BCUT2D eigenvalue weighted by Crippen LogP contribution is -2.37. The summed E-state index contributed by atoms with van der Waals surface area (Å²) in [4.78, 5) is 0. The van der Waals surface area contributed by atoms with Crippen molar-refractivity contribution in [2.24, 2.45) is 5.10 Å². The Kier molecular flexibility index (Phi) is 6.34. The van der Waals surface area contributed by atoms with Crippen LogP contribution in [0, 0.1) is 0 Å². The lowest BCUT2D eigenvalue weighted by atomic mass is 10.2. The molecule has 104 valence electrons. The summed E-state index contributed by atoms with van der Waals surface area (Å²) in [7, 11) is 0. The molecule has 3 N–H and O–H groups in total. The van der Waals surface area contributed by atoms with Crippen LogP contribution < -0.4 is 10.7 Å². The quantitative estimate of drug-likeness (QED) is 0.453. The van der Waals surface area contributed by atoms with Gasteiger partial charge in [-0.1, -0.05) is 30.1 Å². The third-order valence-corrected chi connectivity index (χ3v) is 3.13. The Balaban J connectivity index is 2.65. The predicted molar refractivity (Wildman–Crippen MR) is 84.3 cm³/mol. The molecular weight excluding hydrogens is 305 g/mol. The number of hydrogen-bond donors (Lipinski definition) is 3. The Morgan fingerprint density at radius 2 is 2.21 bits per heavy atom. The third kappa shape index (κ3) is 5.22. The number of hydrogen-bond acceptors (Lipinski definition) is 3. The highest BCUT2D eigenvalue weighted by molar-refractivity contribution is 7.80. The molecule has 0 fully saturated rings. The van der Waals surface area contributed by atoms with Crippen LogP contribution in [-0.4, -0.2) is 22.5 Å². The second kappa shape index (κ2) is 7.53. The smallest absolute Gasteiger partial charge is 0.187 e. The van der Waals surface area contributed by atoms with Gasteiger partial charge in [0.1, 0.15) is 5.75 Å². The van der Waals surface area contributed by atoms with Gasteiger partial charge in [0.05, 0.1) is 11.2 Å². The van der Waals surface area contributed by atoms with E-state index in [1.807, 2.05) is 6.92 Å². The summed E-state index contributed by atoms with van der Waals surface area (Å²) >= 11 is 16.7. The van der Waals surface area contributed by atoms with Crippen LogP contribution in [0.5, 0.6) is 5.75 Å². The SMILES string of the molecule is CC[C@@H](C)NC(=S)N/N=C/c1cc(Cl)cc(Cl)c1O. The normalized spacial score (nSPS) is 12.4. The first-order chi connectivity index (χ1) is 8.93. The molecule has 0 heterocycles. The van der Waals surface area contributed by atoms with Crippen LogP contribution in [0.2, 0.25) is 10.0 Å². The van der Waals surface area contributed by atoms with E-state index in [0.717, 1.165) is 6.42 Å². The Labute approximate surface area is 127 Å². The zero-order valence-electron chi connectivity index (χ0n) is 10.6. The zero-order valence-corrected chi connectivity index (χ0v) is 12.9. The van der Waals surface area contributed by atoms with Crippen molar-refractivity contribution in [3.05, 3.63) is 27.7 Å². The van der Waals surface area contributed by atoms with Gasteiger partial charge in [-0.15, -0.1) is 0 Å². The van der Waals surface area contributed by atoms with Crippen molar-refractivity contribution in [3.63, 3.8) is 0 Å². The lowest BCUT2D eigenvalue weighted by Gasteiger charge is -2.12. The minimum Gasteiger partial charge on any atom is -0.506 e. The van der Waals surface area contributed by atoms with Crippen molar-refractivity contribution in [1.82, 2.24) is 10.7 Å². The molecule has 0 bridgehead atoms. The summed E-state index contributed by atoms with van der Waals surface area (Å²) in [6.07, 6.45) is 2.36. The summed E-state index contributed by atoms with van der Waals surface area (Å²) in [5.41, 5.74) is 3.07. The van der Waals surface area contributed by atoms with Gasteiger partial charge in [-0.25, -0.2) is 0 Å². The van der Waals surface area contributed by atoms with E-state index in [1.165, 1.54) is 12.3 Å². The lowest BCUT2D eigenvalue weighted by molar-refractivity contribution is 0.474. The number of phenolic OH excluding ortho intramolecular Hbond substituents is 1. The van der Waals surface area contributed by atoms with E-state index in [9.17, 15) is 5.11 Å². The Morgan fingerprint density at radius 3 is 2.84 bits per heavy atom. The van der Waals surface area contributed by atoms with Gasteiger partial charge in [0, 0.05) is 16.6 Å². The van der Waals surface area contributed by atoms with Crippen LogP contribution >= 0.6 is 35.4 Å². The molecule has 0 aliphatic rings. The molecule has 19 heavy (non-hydrogen) atoms. The Bertz CT molecular complexity index is 494. The topological polar surface area (TPSA) is 56.7 Å². The first-order valence-electron chi connectivity index (χ1n) is 5.71. The second-order valence-corrected chi connectivity index (χ2v) is 5.23. The van der Waals surface area contributed by atoms with Crippen molar-refractivity contribution < 1.29 is 5.11 Å². The number of aromatic hydroxyl groups is 1. The minimum atomic E-state index is -0.0718. The highest BCUT2D eigenvalue weighted by Gasteiger charge is 2.06. The number of halogens is 2. The number of thiocarbonyl (C=S) groups is 1. The maximum atomic E-state index is 9.71.